The molecular weight excluding hydrogens is 703 g/mol. The van der Waals surface area contributed by atoms with E-state index in [4.69, 9.17) is 15.2 Å². The molecule has 0 aliphatic carbocycles. The molecule has 56 heavy (non-hydrogen) atoms. The Bertz CT molecular complexity index is 1990. The summed E-state index contributed by atoms with van der Waals surface area (Å²) in [5.41, 5.74) is 14.1. The Kier molecular flexibility index (Phi) is 14.7. The van der Waals surface area contributed by atoms with Crippen LogP contribution in [0.1, 0.15) is 78.9 Å². The zero-order chi connectivity index (χ0) is 39.1. The van der Waals surface area contributed by atoms with Crippen LogP contribution >= 0.6 is 0 Å². The SMILES string of the molecule is CN(CCc1ccccn1)C[C@H]1C[C@@H](c2ccc(CO)cc2)O[C@@H](c2ccc(-c3cccc(CNC(=O)CCCCCC(=O)Nc4ccccc4N)c3)cc2)O1. The molecule has 6 rings (SSSR count). The highest BCUT2D eigenvalue weighted by Crippen LogP contribution is 2.38. The Morgan fingerprint density at radius 3 is 2.30 bits per heavy atom. The zero-order valence-electron chi connectivity index (χ0n) is 32.1. The largest absolute Gasteiger partial charge is 0.397 e. The van der Waals surface area contributed by atoms with Crippen LogP contribution in [0.25, 0.3) is 11.1 Å². The first-order valence-corrected chi connectivity index (χ1v) is 19.5. The van der Waals surface area contributed by atoms with Crippen LogP contribution in [-0.2, 0) is 38.6 Å². The highest BCUT2D eigenvalue weighted by Gasteiger charge is 2.32. The van der Waals surface area contributed by atoms with Gasteiger partial charge in [-0.25, -0.2) is 0 Å². The number of hydrogen-bond donors (Lipinski definition) is 4. The van der Waals surface area contributed by atoms with Crippen LogP contribution in [0.3, 0.4) is 0 Å². The molecule has 1 aromatic heterocycles. The van der Waals surface area contributed by atoms with E-state index in [0.29, 0.717) is 50.0 Å². The van der Waals surface area contributed by atoms with Crippen molar-refractivity contribution in [2.45, 2.75) is 76.6 Å². The number of nitrogens with two attached hydrogens (primary N) is 1. The van der Waals surface area contributed by atoms with Crippen LogP contribution in [0.2, 0.25) is 0 Å². The number of aliphatic hydroxyl groups is 1. The van der Waals surface area contributed by atoms with Crippen LogP contribution in [0, 0.1) is 0 Å². The maximum atomic E-state index is 12.6. The van der Waals surface area contributed by atoms with Crippen molar-refractivity contribution in [3.63, 3.8) is 0 Å². The summed E-state index contributed by atoms with van der Waals surface area (Å²) >= 11 is 0. The molecule has 1 aliphatic heterocycles. The first kappa shape index (κ1) is 40.3. The molecule has 2 amide bonds. The molecule has 0 spiro atoms. The highest BCUT2D eigenvalue weighted by atomic mass is 16.7. The lowest BCUT2D eigenvalue weighted by atomic mass is 9.99. The number of anilines is 2. The van der Waals surface area contributed by atoms with Gasteiger partial charge in [-0.2, -0.15) is 0 Å². The lowest BCUT2D eigenvalue weighted by molar-refractivity contribution is -0.252. The van der Waals surface area contributed by atoms with Crippen LogP contribution in [0.15, 0.2) is 121 Å². The molecule has 0 radical (unpaired) electrons. The van der Waals surface area contributed by atoms with Gasteiger partial charge in [0.2, 0.25) is 11.8 Å². The van der Waals surface area contributed by atoms with Gasteiger partial charge in [0.15, 0.2) is 6.29 Å². The van der Waals surface area contributed by atoms with Crippen molar-refractivity contribution >= 4 is 23.2 Å². The molecule has 1 saturated heterocycles. The molecule has 0 saturated carbocycles. The van der Waals surface area contributed by atoms with Crippen molar-refractivity contribution in [1.29, 1.82) is 0 Å². The van der Waals surface area contributed by atoms with Crippen molar-refractivity contribution < 1.29 is 24.2 Å². The van der Waals surface area contributed by atoms with Gasteiger partial charge in [0.25, 0.3) is 0 Å². The van der Waals surface area contributed by atoms with E-state index in [0.717, 1.165) is 65.0 Å². The monoisotopic (exact) mass is 755 g/mol. The summed E-state index contributed by atoms with van der Waals surface area (Å²) in [7, 11) is 2.12. The number of likely N-dealkylation sites (N-methyl/N-ethyl adjacent to an activating group) is 1. The van der Waals surface area contributed by atoms with Gasteiger partial charge in [-0.05, 0) is 78.0 Å². The topological polar surface area (TPSA) is 139 Å². The Morgan fingerprint density at radius 1 is 0.804 bits per heavy atom. The smallest absolute Gasteiger partial charge is 0.224 e. The van der Waals surface area contributed by atoms with E-state index in [1.165, 1.54) is 0 Å². The number of aromatic nitrogens is 1. The van der Waals surface area contributed by atoms with Crippen molar-refractivity contribution in [3.8, 4) is 11.1 Å². The molecule has 10 nitrogen and oxygen atoms in total. The minimum Gasteiger partial charge on any atom is -0.397 e. The molecule has 3 atom stereocenters. The predicted molar refractivity (Wildman–Crippen MR) is 220 cm³/mol. The minimum absolute atomic E-state index is 0.00206. The number of nitrogens with zero attached hydrogens (tertiary/aromatic N) is 2. The fourth-order valence-corrected chi connectivity index (χ4v) is 6.88. The number of rotatable bonds is 18. The van der Waals surface area contributed by atoms with E-state index in [1.807, 2.05) is 66.9 Å². The number of para-hydroxylation sites is 2. The van der Waals surface area contributed by atoms with E-state index in [1.54, 1.807) is 12.1 Å². The third-order valence-corrected chi connectivity index (χ3v) is 10.1. The molecule has 0 bridgehead atoms. The number of benzene rings is 4. The minimum atomic E-state index is -0.540. The second kappa shape index (κ2) is 20.5. The number of amides is 2. The van der Waals surface area contributed by atoms with Gasteiger partial charge in [0, 0.05) is 62.8 Å². The van der Waals surface area contributed by atoms with Crippen molar-refractivity contribution in [3.05, 3.63) is 149 Å². The van der Waals surface area contributed by atoms with Crippen LogP contribution < -0.4 is 16.4 Å². The Morgan fingerprint density at radius 2 is 1.55 bits per heavy atom. The molecule has 10 heteroatoms. The number of hydrogen-bond acceptors (Lipinski definition) is 8. The Balaban J connectivity index is 0.999. The lowest BCUT2D eigenvalue weighted by Gasteiger charge is -2.38. The van der Waals surface area contributed by atoms with Crippen molar-refractivity contribution in [1.82, 2.24) is 15.2 Å². The Hall–Kier alpha value is -5.39. The maximum absolute atomic E-state index is 12.6. The standard InChI is InChI=1S/C46H53N5O5/c1-51(27-25-39-12-7-8-26-48-39)31-40-29-43(36-19-17-33(32-52)18-20-36)56-46(55-40)37-23-21-35(22-24-37)38-11-9-10-34(28-38)30-49-44(53)15-3-2-4-16-45(54)50-42-14-6-5-13-41(42)47/h5-14,17-24,26,28,40,43,46,52H,2-4,15-16,25,27,29-32,47H2,1H3,(H,49,53)(H,50,54)/t40-,43+,46+/m1/s1. The summed E-state index contributed by atoms with van der Waals surface area (Å²) < 4.78 is 13.2. The zero-order valence-corrected chi connectivity index (χ0v) is 32.1. The van der Waals surface area contributed by atoms with E-state index in [-0.39, 0.29) is 30.6 Å². The van der Waals surface area contributed by atoms with E-state index >= 15 is 0 Å². The molecule has 5 N–H and O–H groups in total. The molecule has 2 heterocycles. The molecule has 4 aromatic carbocycles. The highest BCUT2D eigenvalue weighted by molar-refractivity contribution is 5.93. The van der Waals surface area contributed by atoms with Gasteiger partial charge in [0.05, 0.1) is 30.2 Å². The average molecular weight is 756 g/mol. The molecule has 5 aromatic rings. The number of carbonyl (C=O) groups is 2. The number of nitrogen functional groups attached to an aromatic ring is 1. The van der Waals surface area contributed by atoms with Gasteiger partial charge >= 0.3 is 0 Å². The number of aliphatic hydroxyl groups excluding tert-OH is 1. The molecule has 1 aliphatic rings. The third-order valence-electron chi connectivity index (χ3n) is 10.1. The summed E-state index contributed by atoms with van der Waals surface area (Å²) in [6.45, 7) is 2.06. The lowest BCUT2D eigenvalue weighted by Crippen LogP contribution is -2.38. The Labute approximate surface area is 330 Å². The molecule has 292 valence electrons. The number of carbonyl (C=O) groups excluding carboxylic acids is 2. The predicted octanol–water partition coefficient (Wildman–Crippen LogP) is 7.75. The first-order chi connectivity index (χ1) is 27.3. The number of unbranched alkanes of at least 4 members (excludes halogenated alkanes) is 2. The van der Waals surface area contributed by atoms with Gasteiger partial charge in [-0.1, -0.05) is 91.3 Å². The van der Waals surface area contributed by atoms with E-state index < -0.39 is 6.29 Å². The van der Waals surface area contributed by atoms with E-state index in [2.05, 4.69) is 70.0 Å². The van der Waals surface area contributed by atoms with Gasteiger partial charge < -0.3 is 35.8 Å². The van der Waals surface area contributed by atoms with Gasteiger partial charge in [-0.3, -0.25) is 14.6 Å². The first-order valence-electron chi connectivity index (χ1n) is 19.5. The number of pyridine rings is 1. The third kappa shape index (κ3) is 12.1. The quantitative estimate of drug-likeness (QED) is 0.0526. The van der Waals surface area contributed by atoms with Crippen molar-refractivity contribution in [2.24, 2.45) is 0 Å². The summed E-state index contributed by atoms with van der Waals surface area (Å²) in [5, 5.41) is 15.5. The fraction of sp³-hybridized carbons (Fsp3) is 0.326. The second-order valence-corrected chi connectivity index (χ2v) is 14.5. The molecule has 1 fully saturated rings. The number of ether oxygens (including phenoxy) is 2. The van der Waals surface area contributed by atoms with Crippen LogP contribution in [0.5, 0.6) is 0 Å². The summed E-state index contributed by atoms with van der Waals surface area (Å²) in [4.78, 5) is 31.6. The van der Waals surface area contributed by atoms with Gasteiger partial charge in [-0.15, -0.1) is 0 Å². The maximum Gasteiger partial charge on any atom is 0.224 e. The number of nitrogens with one attached hydrogen (secondary N) is 2. The van der Waals surface area contributed by atoms with E-state index in [9.17, 15) is 14.7 Å². The second-order valence-electron chi connectivity index (χ2n) is 14.5. The fourth-order valence-electron chi connectivity index (χ4n) is 6.88. The summed E-state index contributed by atoms with van der Waals surface area (Å²) in [6.07, 6.45) is 5.67. The molecule has 0 unspecified atom stereocenters. The van der Waals surface area contributed by atoms with Crippen LogP contribution in [-0.4, -0.2) is 53.0 Å². The summed E-state index contributed by atoms with van der Waals surface area (Å²) in [6, 6.07) is 37.7. The summed E-state index contributed by atoms with van der Waals surface area (Å²) in [5.74, 6) is -0.0810. The van der Waals surface area contributed by atoms with Crippen LogP contribution in [0.4, 0.5) is 11.4 Å². The normalized spacial score (nSPS) is 16.7. The van der Waals surface area contributed by atoms with Crippen molar-refractivity contribution in [2.75, 3.05) is 31.2 Å². The average Bonchev–Trinajstić information content (AvgIpc) is 3.23. The molecular formula is C46H53N5O5. The van der Waals surface area contributed by atoms with Gasteiger partial charge in [0.1, 0.15) is 0 Å².